The maximum absolute atomic E-state index is 9.85. The first-order chi connectivity index (χ1) is 13.7. The van der Waals surface area contributed by atoms with Gasteiger partial charge in [0.05, 0.1) is 7.11 Å². The van der Waals surface area contributed by atoms with Crippen molar-refractivity contribution >= 4 is 5.82 Å². The van der Waals surface area contributed by atoms with Gasteiger partial charge >= 0.3 is 0 Å². The third kappa shape index (κ3) is 5.25. The third-order valence-electron chi connectivity index (χ3n) is 5.20. The van der Waals surface area contributed by atoms with E-state index < -0.39 is 0 Å². The first-order valence-corrected chi connectivity index (χ1v) is 10.5. The highest BCUT2D eigenvalue weighted by atomic mass is 16.5. The number of nitrogens with zero attached hydrogens (tertiary/aromatic N) is 2. The molecule has 0 saturated carbocycles. The highest BCUT2D eigenvalue weighted by molar-refractivity contribution is 5.82. The Morgan fingerprint density at radius 2 is 1.68 bits per heavy atom. The second kappa shape index (κ2) is 11.3. The first-order valence-electron chi connectivity index (χ1n) is 10.5. The smallest absolute Gasteiger partial charge is 0.142 e. The van der Waals surface area contributed by atoms with Crippen molar-refractivity contribution in [2.45, 2.75) is 71.6 Å². The Balaban J connectivity index is 2.60. The number of methoxy groups -OCH3 is 1. The monoisotopic (exact) mass is 379 g/mol. The number of rotatable bonds is 11. The highest BCUT2D eigenvalue weighted by Gasteiger charge is 2.21. The SMILES string of the molecule is CCCCCCc1nc(N)c(C#N)c(-c2ccccc2OC)c1CCCCC. The van der Waals surface area contributed by atoms with E-state index in [9.17, 15) is 5.26 Å². The van der Waals surface area contributed by atoms with Gasteiger partial charge in [0.2, 0.25) is 0 Å². The van der Waals surface area contributed by atoms with Crippen molar-refractivity contribution in [3.05, 3.63) is 41.1 Å². The molecule has 4 heteroatoms. The number of nitrogens with two attached hydrogens (primary N) is 1. The van der Waals surface area contributed by atoms with Crippen LogP contribution in [0.5, 0.6) is 5.75 Å². The summed E-state index contributed by atoms with van der Waals surface area (Å²) in [6, 6.07) is 10.2. The molecule has 1 aromatic heterocycles. The van der Waals surface area contributed by atoms with Crippen molar-refractivity contribution in [3.63, 3.8) is 0 Å². The summed E-state index contributed by atoms with van der Waals surface area (Å²) < 4.78 is 5.60. The lowest BCUT2D eigenvalue weighted by molar-refractivity contribution is 0.416. The average Bonchev–Trinajstić information content (AvgIpc) is 2.72. The number of benzene rings is 1. The van der Waals surface area contributed by atoms with Gasteiger partial charge in [-0.3, -0.25) is 0 Å². The van der Waals surface area contributed by atoms with Crippen LogP contribution in [0, 0.1) is 11.3 Å². The highest BCUT2D eigenvalue weighted by Crippen LogP contribution is 2.38. The second-order valence-electron chi connectivity index (χ2n) is 7.25. The molecular weight excluding hydrogens is 346 g/mol. The number of pyridine rings is 1. The maximum Gasteiger partial charge on any atom is 0.142 e. The van der Waals surface area contributed by atoms with Crippen molar-refractivity contribution in [3.8, 4) is 22.9 Å². The molecule has 2 rings (SSSR count). The van der Waals surface area contributed by atoms with Gasteiger partial charge in [-0.2, -0.15) is 5.26 Å². The topological polar surface area (TPSA) is 71.9 Å². The largest absolute Gasteiger partial charge is 0.496 e. The van der Waals surface area contributed by atoms with E-state index in [0.717, 1.165) is 61.1 Å². The third-order valence-corrected chi connectivity index (χ3v) is 5.20. The number of unbranched alkanes of at least 4 members (excludes halogenated alkanes) is 5. The number of hydrogen-bond acceptors (Lipinski definition) is 4. The fourth-order valence-electron chi connectivity index (χ4n) is 3.70. The summed E-state index contributed by atoms with van der Waals surface area (Å²) in [6.07, 6.45) is 9.93. The molecule has 0 aliphatic rings. The Kier molecular flexibility index (Phi) is 8.81. The lowest BCUT2D eigenvalue weighted by Crippen LogP contribution is -2.09. The lowest BCUT2D eigenvalue weighted by atomic mass is 9.89. The maximum atomic E-state index is 9.85. The van der Waals surface area contributed by atoms with Crippen LogP contribution >= 0.6 is 0 Å². The zero-order chi connectivity index (χ0) is 20.4. The van der Waals surface area contributed by atoms with Crippen LogP contribution in [0.25, 0.3) is 11.1 Å². The predicted molar refractivity (Wildman–Crippen MR) is 116 cm³/mol. The number of hydrogen-bond donors (Lipinski definition) is 1. The molecule has 4 nitrogen and oxygen atoms in total. The molecule has 0 aliphatic carbocycles. The summed E-state index contributed by atoms with van der Waals surface area (Å²) in [7, 11) is 1.66. The molecule has 1 aromatic carbocycles. The van der Waals surface area contributed by atoms with Gasteiger partial charge in [0, 0.05) is 16.8 Å². The quantitative estimate of drug-likeness (QED) is 0.481. The van der Waals surface area contributed by atoms with E-state index in [4.69, 9.17) is 10.5 Å². The van der Waals surface area contributed by atoms with E-state index in [0.29, 0.717) is 11.4 Å². The average molecular weight is 380 g/mol. The van der Waals surface area contributed by atoms with Gasteiger partial charge in [-0.05, 0) is 37.3 Å². The summed E-state index contributed by atoms with van der Waals surface area (Å²) in [4.78, 5) is 4.68. The summed E-state index contributed by atoms with van der Waals surface area (Å²) >= 11 is 0. The molecule has 0 atom stereocenters. The summed E-state index contributed by atoms with van der Waals surface area (Å²) in [6.45, 7) is 4.42. The molecule has 0 saturated heterocycles. The minimum Gasteiger partial charge on any atom is -0.496 e. The van der Waals surface area contributed by atoms with Crippen LogP contribution in [0.15, 0.2) is 24.3 Å². The van der Waals surface area contributed by atoms with Gasteiger partial charge in [0.15, 0.2) is 0 Å². The van der Waals surface area contributed by atoms with E-state index in [1.54, 1.807) is 7.11 Å². The first kappa shape index (κ1) is 21.8. The number of anilines is 1. The van der Waals surface area contributed by atoms with Crippen molar-refractivity contribution in [2.24, 2.45) is 0 Å². The van der Waals surface area contributed by atoms with Crippen molar-refractivity contribution in [1.29, 1.82) is 5.26 Å². The predicted octanol–water partition coefficient (Wildman–Crippen LogP) is 6.07. The second-order valence-corrected chi connectivity index (χ2v) is 7.25. The Morgan fingerprint density at radius 3 is 2.36 bits per heavy atom. The van der Waals surface area contributed by atoms with Gasteiger partial charge in [0.1, 0.15) is 23.2 Å². The van der Waals surface area contributed by atoms with E-state index >= 15 is 0 Å². The molecule has 2 aromatic rings. The number of para-hydroxylation sites is 1. The van der Waals surface area contributed by atoms with Crippen LogP contribution in [0.3, 0.4) is 0 Å². The number of aromatic nitrogens is 1. The van der Waals surface area contributed by atoms with E-state index in [1.165, 1.54) is 24.8 Å². The molecule has 0 unspecified atom stereocenters. The molecule has 0 aliphatic heterocycles. The number of aryl methyl sites for hydroxylation is 1. The van der Waals surface area contributed by atoms with Crippen molar-refractivity contribution in [2.75, 3.05) is 12.8 Å². The summed E-state index contributed by atoms with van der Waals surface area (Å²) in [5.74, 6) is 1.09. The Morgan fingerprint density at radius 1 is 1.00 bits per heavy atom. The standard InChI is InChI=1S/C24H33N3O/c1-4-6-8-10-15-21-18(13-9-7-5-2)23(20(17-25)24(26)27-21)19-14-11-12-16-22(19)28-3/h11-12,14,16H,4-10,13,15H2,1-3H3,(H2,26,27). The van der Waals surface area contributed by atoms with Gasteiger partial charge < -0.3 is 10.5 Å². The van der Waals surface area contributed by atoms with Crippen LogP contribution in [-0.4, -0.2) is 12.1 Å². The molecule has 0 bridgehead atoms. The Bertz CT molecular complexity index is 808. The van der Waals surface area contributed by atoms with Crippen LogP contribution in [0.4, 0.5) is 5.82 Å². The van der Waals surface area contributed by atoms with Gasteiger partial charge in [-0.25, -0.2) is 4.98 Å². The van der Waals surface area contributed by atoms with Crippen molar-refractivity contribution in [1.82, 2.24) is 4.98 Å². The van der Waals surface area contributed by atoms with Gasteiger partial charge in [-0.15, -0.1) is 0 Å². The zero-order valence-corrected chi connectivity index (χ0v) is 17.6. The molecular formula is C24H33N3O. The van der Waals surface area contributed by atoms with Gasteiger partial charge in [-0.1, -0.05) is 64.2 Å². The van der Waals surface area contributed by atoms with Crippen LogP contribution in [-0.2, 0) is 12.8 Å². The van der Waals surface area contributed by atoms with Crippen LogP contribution in [0.1, 0.15) is 75.6 Å². The molecule has 2 N–H and O–H groups in total. The molecule has 0 spiro atoms. The minimum absolute atomic E-state index is 0.327. The Hall–Kier alpha value is -2.54. The number of ether oxygens (including phenoxy) is 1. The molecule has 1 heterocycles. The fraction of sp³-hybridized carbons (Fsp3) is 0.500. The molecule has 0 fully saturated rings. The minimum atomic E-state index is 0.327. The Labute approximate surface area is 169 Å². The molecule has 0 radical (unpaired) electrons. The fourth-order valence-corrected chi connectivity index (χ4v) is 3.70. The van der Waals surface area contributed by atoms with Crippen LogP contribution < -0.4 is 10.5 Å². The normalized spacial score (nSPS) is 10.6. The summed E-state index contributed by atoms with van der Waals surface area (Å²) in [5, 5.41) is 9.85. The summed E-state index contributed by atoms with van der Waals surface area (Å²) in [5.41, 5.74) is 10.8. The van der Waals surface area contributed by atoms with E-state index in [1.807, 2.05) is 24.3 Å². The number of nitrogen functional groups attached to an aromatic ring is 1. The van der Waals surface area contributed by atoms with E-state index in [-0.39, 0.29) is 0 Å². The van der Waals surface area contributed by atoms with Gasteiger partial charge in [0.25, 0.3) is 0 Å². The molecule has 0 amide bonds. The number of nitriles is 1. The van der Waals surface area contributed by atoms with E-state index in [2.05, 4.69) is 24.9 Å². The molecule has 150 valence electrons. The molecule has 28 heavy (non-hydrogen) atoms. The van der Waals surface area contributed by atoms with Crippen molar-refractivity contribution < 1.29 is 4.74 Å². The zero-order valence-electron chi connectivity index (χ0n) is 17.6. The lowest BCUT2D eigenvalue weighted by Gasteiger charge is -2.19. The van der Waals surface area contributed by atoms with Crippen LogP contribution in [0.2, 0.25) is 0 Å².